The van der Waals surface area contributed by atoms with E-state index in [0.717, 1.165) is 17.9 Å². The maximum absolute atomic E-state index is 12.4. The molecule has 2 N–H and O–H groups in total. The first-order chi connectivity index (χ1) is 13.2. The Morgan fingerprint density at radius 1 is 1.14 bits per heavy atom. The normalized spacial score (nSPS) is 18.8. The summed E-state index contributed by atoms with van der Waals surface area (Å²) in [5.74, 6) is 1.39. The van der Waals surface area contributed by atoms with E-state index in [0.29, 0.717) is 25.5 Å². The monoisotopic (exact) mass is 406 g/mol. The van der Waals surface area contributed by atoms with E-state index in [4.69, 9.17) is 14.2 Å². The quantitative estimate of drug-likeness (QED) is 0.737. The van der Waals surface area contributed by atoms with Crippen molar-refractivity contribution < 1.29 is 19.0 Å². The summed E-state index contributed by atoms with van der Waals surface area (Å²) in [5, 5.41) is 6.09. The third-order valence-corrected chi connectivity index (χ3v) is 4.47. The fraction of sp³-hybridized carbons (Fsp3) is 0.381. The highest BCUT2D eigenvalue weighted by molar-refractivity contribution is 5.95. The van der Waals surface area contributed by atoms with Crippen LogP contribution in [-0.4, -0.2) is 44.9 Å². The van der Waals surface area contributed by atoms with Crippen LogP contribution >= 0.6 is 12.4 Å². The molecule has 1 saturated heterocycles. The lowest BCUT2D eigenvalue weighted by Gasteiger charge is -2.29. The van der Waals surface area contributed by atoms with Gasteiger partial charge in [-0.25, -0.2) is 0 Å². The van der Waals surface area contributed by atoms with Gasteiger partial charge < -0.3 is 24.8 Å². The molecular weight excluding hydrogens is 380 g/mol. The molecule has 6 nitrogen and oxygen atoms in total. The van der Waals surface area contributed by atoms with Crippen molar-refractivity contribution in [2.75, 3.05) is 32.2 Å². The summed E-state index contributed by atoms with van der Waals surface area (Å²) in [5.41, 5.74) is 1.93. The standard InChI is InChI=1S/C21H26N2O4.ClH/c1-15-20(22-12-14-26-15)21(24)23-17-5-9-19(10-6-17)27-18-7-3-16(4-8-18)11-13-25-2;/h3-10,15,20,22H,11-14H2,1-2H3,(H,23,24);1H/t15-,20+;/m1./s1. The molecule has 0 saturated carbocycles. The van der Waals surface area contributed by atoms with E-state index in [1.54, 1.807) is 7.11 Å². The Hall–Kier alpha value is -2.12. The molecule has 1 heterocycles. The second-order valence-electron chi connectivity index (χ2n) is 6.51. The fourth-order valence-corrected chi connectivity index (χ4v) is 2.93. The number of hydrogen-bond donors (Lipinski definition) is 2. The zero-order chi connectivity index (χ0) is 19.1. The molecule has 2 aromatic rings. The van der Waals surface area contributed by atoms with Gasteiger partial charge in [0.1, 0.15) is 17.5 Å². The van der Waals surface area contributed by atoms with Crippen molar-refractivity contribution in [2.45, 2.75) is 25.5 Å². The molecule has 1 amide bonds. The third-order valence-electron chi connectivity index (χ3n) is 4.47. The molecule has 7 heteroatoms. The number of halogens is 1. The summed E-state index contributed by atoms with van der Waals surface area (Å²) < 4.78 is 16.5. The van der Waals surface area contributed by atoms with E-state index >= 15 is 0 Å². The molecular formula is C21H27ClN2O4. The molecule has 152 valence electrons. The van der Waals surface area contributed by atoms with Crippen molar-refractivity contribution in [3.63, 3.8) is 0 Å². The van der Waals surface area contributed by atoms with Crippen molar-refractivity contribution in [1.29, 1.82) is 0 Å². The van der Waals surface area contributed by atoms with Crippen LogP contribution in [0.25, 0.3) is 0 Å². The van der Waals surface area contributed by atoms with Crippen molar-refractivity contribution in [1.82, 2.24) is 5.32 Å². The van der Waals surface area contributed by atoms with Crippen LogP contribution in [0.15, 0.2) is 48.5 Å². The lowest BCUT2D eigenvalue weighted by molar-refractivity contribution is -0.123. The summed E-state index contributed by atoms with van der Waals surface area (Å²) in [6, 6.07) is 14.9. The molecule has 0 radical (unpaired) electrons. The zero-order valence-corrected chi connectivity index (χ0v) is 17.0. The van der Waals surface area contributed by atoms with Crippen molar-refractivity contribution in [3.05, 3.63) is 54.1 Å². The minimum atomic E-state index is -0.341. The van der Waals surface area contributed by atoms with Gasteiger partial charge in [0.25, 0.3) is 0 Å². The van der Waals surface area contributed by atoms with Crippen LogP contribution < -0.4 is 15.4 Å². The molecule has 0 bridgehead atoms. The fourth-order valence-electron chi connectivity index (χ4n) is 2.93. The van der Waals surface area contributed by atoms with Gasteiger partial charge in [0.15, 0.2) is 0 Å². The predicted octanol–water partition coefficient (Wildman–Crippen LogP) is 3.41. The van der Waals surface area contributed by atoms with E-state index in [2.05, 4.69) is 10.6 Å². The Labute approximate surface area is 172 Å². The molecule has 1 aliphatic heterocycles. The van der Waals surface area contributed by atoms with Gasteiger partial charge in [0.2, 0.25) is 5.91 Å². The Morgan fingerprint density at radius 2 is 1.79 bits per heavy atom. The number of rotatable bonds is 7. The minimum Gasteiger partial charge on any atom is -0.457 e. The molecule has 28 heavy (non-hydrogen) atoms. The maximum atomic E-state index is 12.4. The Morgan fingerprint density at radius 3 is 2.39 bits per heavy atom. The number of ether oxygens (including phenoxy) is 3. The molecule has 1 fully saturated rings. The van der Waals surface area contributed by atoms with Gasteiger partial charge in [-0.05, 0) is 55.3 Å². The summed E-state index contributed by atoms with van der Waals surface area (Å²) in [6.45, 7) is 3.91. The lowest BCUT2D eigenvalue weighted by Crippen LogP contribution is -2.53. The lowest BCUT2D eigenvalue weighted by atomic mass is 10.1. The van der Waals surface area contributed by atoms with Crippen LogP contribution in [-0.2, 0) is 20.7 Å². The predicted molar refractivity (Wildman–Crippen MR) is 112 cm³/mol. The summed E-state index contributed by atoms with van der Waals surface area (Å²) in [6.07, 6.45) is 0.734. The number of morpholine rings is 1. The molecule has 1 aliphatic rings. The second kappa shape index (κ2) is 11.0. The Bertz CT molecular complexity index is 737. The van der Waals surface area contributed by atoms with E-state index in [1.165, 1.54) is 5.56 Å². The van der Waals surface area contributed by atoms with Gasteiger partial charge in [-0.2, -0.15) is 0 Å². The number of methoxy groups -OCH3 is 1. The third kappa shape index (κ3) is 6.21. The van der Waals surface area contributed by atoms with Crippen molar-refractivity contribution in [2.24, 2.45) is 0 Å². The maximum Gasteiger partial charge on any atom is 0.244 e. The van der Waals surface area contributed by atoms with Crippen LogP contribution in [0.5, 0.6) is 11.5 Å². The van der Waals surface area contributed by atoms with Gasteiger partial charge in [0.05, 0.1) is 19.3 Å². The first-order valence-corrected chi connectivity index (χ1v) is 9.17. The van der Waals surface area contributed by atoms with Crippen LogP contribution in [0.1, 0.15) is 12.5 Å². The first-order valence-electron chi connectivity index (χ1n) is 9.17. The number of carbonyl (C=O) groups is 1. The molecule has 0 spiro atoms. The number of nitrogens with one attached hydrogen (secondary N) is 2. The van der Waals surface area contributed by atoms with Gasteiger partial charge in [-0.15, -0.1) is 12.4 Å². The molecule has 2 aromatic carbocycles. The highest BCUT2D eigenvalue weighted by Crippen LogP contribution is 2.23. The van der Waals surface area contributed by atoms with E-state index in [1.807, 2.05) is 55.5 Å². The average molecular weight is 407 g/mol. The topological polar surface area (TPSA) is 68.8 Å². The molecule has 0 unspecified atom stereocenters. The number of carbonyl (C=O) groups excluding carboxylic acids is 1. The smallest absolute Gasteiger partial charge is 0.244 e. The van der Waals surface area contributed by atoms with Gasteiger partial charge >= 0.3 is 0 Å². The van der Waals surface area contributed by atoms with E-state index < -0.39 is 0 Å². The van der Waals surface area contributed by atoms with Gasteiger partial charge in [0, 0.05) is 19.3 Å². The zero-order valence-electron chi connectivity index (χ0n) is 16.1. The molecule has 0 aliphatic carbocycles. The van der Waals surface area contributed by atoms with Crippen LogP contribution in [0, 0.1) is 0 Å². The highest BCUT2D eigenvalue weighted by Gasteiger charge is 2.28. The van der Waals surface area contributed by atoms with E-state index in [9.17, 15) is 4.79 Å². The van der Waals surface area contributed by atoms with Crippen LogP contribution in [0.3, 0.4) is 0 Å². The Kier molecular flexibility index (Phi) is 8.73. The summed E-state index contributed by atoms with van der Waals surface area (Å²) in [7, 11) is 1.70. The largest absolute Gasteiger partial charge is 0.457 e. The number of hydrogen-bond acceptors (Lipinski definition) is 5. The first kappa shape index (κ1) is 22.2. The van der Waals surface area contributed by atoms with E-state index in [-0.39, 0.29) is 30.5 Å². The number of benzene rings is 2. The second-order valence-corrected chi connectivity index (χ2v) is 6.51. The summed E-state index contributed by atoms with van der Waals surface area (Å²) in [4.78, 5) is 12.4. The van der Waals surface area contributed by atoms with Crippen molar-refractivity contribution >= 4 is 24.0 Å². The number of amides is 1. The SMILES string of the molecule is COCCc1ccc(Oc2ccc(NC(=O)[C@H]3NCCO[C@@H]3C)cc2)cc1.Cl. The molecule has 0 aromatic heterocycles. The molecule has 3 rings (SSSR count). The Balaban J connectivity index is 0.00000280. The molecule has 2 atom stereocenters. The highest BCUT2D eigenvalue weighted by atomic mass is 35.5. The number of anilines is 1. The summed E-state index contributed by atoms with van der Waals surface area (Å²) >= 11 is 0. The van der Waals surface area contributed by atoms with Crippen LogP contribution in [0.4, 0.5) is 5.69 Å². The minimum absolute atomic E-state index is 0. The average Bonchev–Trinajstić information content (AvgIpc) is 2.69. The van der Waals surface area contributed by atoms with Crippen LogP contribution in [0.2, 0.25) is 0 Å². The van der Waals surface area contributed by atoms with Gasteiger partial charge in [-0.3, -0.25) is 4.79 Å². The van der Waals surface area contributed by atoms with Crippen molar-refractivity contribution in [3.8, 4) is 11.5 Å². The van der Waals surface area contributed by atoms with Gasteiger partial charge in [-0.1, -0.05) is 12.1 Å².